The second kappa shape index (κ2) is 4.13. The van der Waals surface area contributed by atoms with Crippen LogP contribution in [0.3, 0.4) is 0 Å². The minimum Gasteiger partial charge on any atom is -0.397 e. The van der Waals surface area contributed by atoms with Gasteiger partial charge >= 0.3 is 0 Å². The first kappa shape index (κ1) is 10.3. The second-order valence-electron chi connectivity index (χ2n) is 4.57. The highest BCUT2D eigenvalue weighted by Crippen LogP contribution is 2.30. The maximum atomic E-state index is 6.05. The molecule has 1 aliphatic heterocycles. The molecule has 1 aromatic rings. The summed E-state index contributed by atoms with van der Waals surface area (Å²) in [7, 11) is 0. The normalized spacial score (nSPS) is 20.9. The minimum absolute atomic E-state index is 0.853. The van der Waals surface area contributed by atoms with Gasteiger partial charge in [-0.3, -0.25) is 0 Å². The van der Waals surface area contributed by atoms with Crippen LogP contribution in [0, 0.1) is 12.8 Å². The highest BCUT2D eigenvalue weighted by molar-refractivity contribution is 5.68. The van der Waals surface area contributed by atoms with E-state index in [0.29, 0.717) is 0 Å². The molecular weight excluding hydrogens is 184 g/mol. The van der Waals surface area contributed by atoms with Crippen molar-refractivity contribution in [1.82, 2.24) is 0 Å². The monoisotopic (exact) mass is 204 g/mol. The SMILES string of the molecule is CCC1CCN(c2ccc(C)cc2N)C1. The van der Waals surface area contributed by atoms with Crippen LogP contribution in [-0.2, 0) is 0 Å². The zero-order chi connectivity index (χ0) is 10.8. The van der Waals surface area contributed by atoms with E-state index in [1.807, 2.05) is 0 Å². The third-order valence-electron chi connectivity index (χ3n) is 3.39. The lowest BCUT2D eigenvalue weighted by molar-refractivity contribution is 0.569. The van der Waals surface area contributed by atoms with E-state index in [2.05, 4.69) is 36.9 Å². The molecule has 2 rings (SSSR count). The minimum atomic E-state index is 0.853. The van der Waals surface area contributed by atoms with Gasteiger partial charge in [0.25, 0.3) is 0 Å². The fraction of sp³-hybridized carbons (Fsp3) is 0.538. The Morgan fingerprint density at radius 3 is 2.87 bits per heavy atom. The molecule has 1 atom stereocenters. The van der Waals surface area contributed by atoms with Gasteiger partial charge < -0.3 is 10.6 Å². The summed E-state index contributed by atoms with van der Waals surface area (Å²) in [4.78, 5) is 2.42. The van der Waals surface area contributed by atoms with Crippen LogP contribution >= 0.6 is 0 Å². The Balaban J connectivity index is 2.17. The number of hydrogen-bond acceptors (Lipinski definition) is 2. The predicted molar refractivity (Wildman–Crippen MR) is 66.2 cm³/mol. The van der Waals surface area contributed by atoms with E-state index >= 15 is 0 Å². The van der Waals surface area contributed by atoms with Gasteiger partial charge in [-0.1, -0.05) is 19.4 Å². The van der Waals surface area contributed by atoms with E-state index in [-0.39, 0.29) is 0 Å². The molecule has 1 aromatic carbocycles. The maximum Gasteiger partial charge on any atom is 0.0600 e. The van der Waals surface area contributed by atoms with Crippen LogP contribution in [-0.4, -0.2) is 13.1 Å². The number of nitrogens with two attached hydrogens (primary N) is 1. The Hall–Kier alpha value is -1.18. The summed E-state index contributed by atoms with van der Waals surface area (Å²) in [6, 6.07) is 6.36. The molecule has 1 fully saturated rings. The molecule has 2 N–H and O–H groups in total. The van der Waals surface area contributed by atoms with Gasteiger partial charge in [0.05, 0.1) is 11.4 Å². The average Bonchev–Trinajstić information content (AvgIpc) is 2.66. The average molecular weight is 204 g/mol. The molecule has 0 amide bonds. The maximum absolute atomic E-state index is 6.05. The molecule has 1 unspecified atom stereocenters. The van der Waals surface area contributed by atoms with Crippen molar-refractivity contribution in [1.29, 1.82) is 0 Å². The van der Waals surface area contributed by atoms with Crippen LogP contribution in [0.2, 0.25) is 0 Å². The largest absolute Gasteiger partial charge is 0.397 e. The van der Waals surface area contributed by atoms with Crippen molar-refractivity contribution in [2.75, 3.05) is 23.7 Å². The van der Waals surface area contributed by atoms with Gasteiger partial charge in [-0.2, -0.15) is 0 Å². The summed E-state index contributed by atoms with van der Waals surface area (Å²) in [6.45, 7) is 6.68. The topological polar surface area (TPSA) is 29.3 Å². The van der Waals surface area contributed by atoms with Crippen LogP contribution in [0.1, 0.15) is 25.3 Å². The molecule has 82 valence electrons. The van der Waals surface area contributed by atoms with E-state index in [1.54, 1.807) is 0 Å². The molecule has 1 heterocycles. The third kappa shape index (κ3) is 2.09. The number of nitrogen functional groups attached to an aromatic ring is 1. The fourth-order valence-corrected chi connectivity index (χ4v) is 2.35. The molecule has 0 radical (unpaired) electrons. The van der Waals surface area contributed by atoms with E-state index in [9.17, 15) is 0 Å². The first-order valence-electron chi connectivity index (χ1n) is 5.81. The van der Waals surface area contributed by atoms with Crippen LogP contribution in [0.5, 0.6) is 0 Å². The standard InChI is InChI=1S/C13H20N2/c1-3-11-6-7-15(9-11)13-5-4-10(2)8-12(13)14/h4-5,8,11H,3,6-7,9,14H2,1-2H3. The molecule has 0 aliphatic carbocycles. The van der Waals surface area contributed by atoms with Gasteiger partial charge in [-0.15, -0.1) is 0 Å². The quantitative estimate of drug-likeness (QED) is 0.751. The first-order valence-corrected chi connectivity index (χ1v) is 5.81. The van der Waals surface area contributed by atoms with Gasteiger partial charge in [0, 0.05) is 13.1 Å². The van der Waals surface area contributed by atoms with Gasteiger partial charge in [0.2, 0.25) is 0 Å². The highest BCUT2D eigenvalue weighted by atomic mass is 15.2. The number of aryl methyl sites for hydroxylation is 1. The number of rotatable bonds is 2. The predicted octanol–water partition coefficient (Wildman–Crippen LogP) is 2.81. The molecular formula is C13H20N2. The van der Waals surface area contributed by atoms with Crippen molar-refractivity contribution < 1.29 is 0 Å². The van der Waals surface area contributed by atoms with Gasteiger partial charge in [0.15, 0.2) is 0 Å². The highest BCUT2D eigenvalue weighted by Gasteiger charge is 2.22. The van der Waals surface area contributed by atoms with Gasteiger partial charge in [-0.25, -0.2) is 0 Å². The van der Waals surface area contributed by atoms with Crippen molar-refractivity contribution in [2.45, 2.75) is 26.7 Å². The molecule has 0 spiro atoms. The zero-order valence-electron chi connectivity index (χ0n) is 9.66. The Labute approximate surface area is 92.1 Å². The smallest absolute Gasteiger partial charge is 0.0600 e. The molecule has 0 bridgehead atoms. The van der Waals surface area contributed by atoms with E-state index in [0.717, 1.165) is 18.2 Å². The summed E-state index contributed by atoms with van der Waals surface area (Å²) >= 11 is 0. The Morgan fingerprint density at radius 1 is 1.47 bits per heavy atom. The van der Waals surface area contributed by atoms with Crippen LogP contribution in [0.4, 0.5) is 11.4 Å². The van der Waals surface area contributed by atoms with Crippen molar-refractivity contribution in [3.63, 3.8) is 0 Å². The van der Waals surface area contributed by atoms with Crippen molar-refractivity contribution in [3.8, 4) is 0 Å². The summed E-state index contributed by atoms with van der Waals surface area (Å²) in [5.74, 6) is 0.853. The Bertz CT molecular complexity index is 346. The van der Waals surface area contributed by atoms with Crippen LogP contribution in [0.25, 0.3) is 0 Å². The van der Waals surface area contributed by atoms with Crippen LogP contribution < -0.4 is 10.6 Å². The van der Waals surface area contributed by atoms with E-state index < -0.39 is 0 Å². The lowest BCUT2D eigenvalue weighted by Gasteiger charge is -2.20. The van der Waals surface area contributed by atoms with Crippen molar-refractivity contribution in [3.05, 3.63) is 23.8 Å². The summed E-state index contributed by atoms with van der Waals surface area (Å²) < 4.78 is 0. The fourth-order valence-electron chi connectivity index (χ4n) is 2.35. The molecule has 15 heavy (non-hydrogen) atoms. The first-order chi connectivity index (χ1) is 7.20. The number of nitrogens with zero attached hydrogens (tertiary/aromatic N) is 1. The molecule has 0 saturated carbocycles. The molecule has 2 heteroatoms. The van der Waals surface area contributed by atoms with E-state index in [1.165, 1.54) is 30.6 Å². The lowest BCUT2D eigenvalue weighted by atomic mass is 10.1. The van der Waals surface area contributed by atoms with Crippen molar-refractivity contribution in [2.24, 2.45) is 5.92 Å². The molecule has 1 saturated heterocycles. The molecule has 1 aliphatic rings. The summed E-state index contributed by atoms with van der Waals surface area (Å²) in [5.41, 5.74) is 9.43. The molecule has 0 aromatic heterocycles. The summed E-state index contributed by atoms with van der Waals surface area (Å²) in [6.07, 6.45) is 2.59. The van der Waals surface area contributed by atoms with Gasteiger partial charge in [0.1, 0.15) is 0 Å². The Morgan fingerprint density at radius 2 is 2.27 bits per heavy atom. The molecule has 2 nitrogen and oxygen atoms in total. The summed E-state index contributed by atoms with van der Waals surface area (Å²) in [5, 5.41) is 0. The lowest BCUT2D eigenvalue weighted by Crippen LogP contribution is -2.20. The van der Waals surface area contributed by atoms with Crippen molar-refractivity contribution >= 4 is 11.4 Å². The number of anilines is 2. The third-order valence-corrected chi connectivity index (χ3v) is 3.39. The number of benzene rings is 1. The number of hydrogen-bond donors (Lipinski definition) is 1. The second-order valence-corrected chi connectivity index (χ2v) is 4.57. The van der Waals surface area contributed by atoms with E-state index in [4.69, 9.17) is 5.73 Å². The van der Waals surface area contributed by atoms with Crippen LogP contribution in [0.15, 0.2) is 18.2 Å². The Kier molecular flexibility index (Phi) is 2.85. The van der Waals surface area contributed by atoms with Gasteiger partial charge in [-0.05, 0) is 37.0 Å². The zero-order valence-corrected chi connectivity index (χ0v) is 9.66.